The third-order valence-electron chi connectivity index (χ3n) is 3.82. The number of carbonyl (C=O) groups excluding carboxylic acids is 5. The van der Waals surface area contributed by atoms with Crippen molar-refractivity contribution >= 4 is 29.7 Å². The van der Waals surface area contributed by atoms with E-state index in [2.05, 4.69) is 26.3 Å². The summed E-state index contributed by atoms with van der Waals surface area (Å²) in [6, 6.07) is 7.28. The van der Waals surface area contributed by atoms with E-state index in [1.807, 2.05) is 0 Å². The quantitative estimate of drug-likeness (QED) is 0.226. The van der Waals surface area contributed by atoms with Crippen LogP contribution in [0.2, 0.25) is 0 Å². The van der Waals surface area contributed by atoms with Crippen molar-refractivity contribution in [2.45, 2.75) is 0 Å². The van der Waals surface area contributed by atoms with Crippen LogP contribution in [-0.4, -0.2) is 29.7 Å². The van der Waals surface area contributed by atoms with Crippen LogP contribution in [0.25, 0.3) is 0 Å². The number of carbonyl (C=O) groups is 5. The van der Waals surface area contributed by atoms with Gasteiger partial charge in [-0.2, -0.15) is 0 Å². The Hall–Kier alpha value is -5.05. The largest absolute Gasteiger partial charge is 0.423 e. The second-order valence-electron chi connectivity index (χ2n) is 6.22. The van der Waals surface area contributed by atoms with Gasteiger partial charge >= 0.3 is 23.9 Å². The van der Waals surface area contributed by atoms with E-state index in [9.17, 15) is 24.0 Å². The maximum atomic E-state index is 13.2. The van der Waals surface area contributed by atoms with Crippen LogP contribution in [0.4, 0.5) is 0 Å². The molecule has 0 saturated heterocycles. The van der Waals surface area contributed by atoms with Crippen molar-refractivity contribution in [3.63, 3.8) is 0 Å². The van der Waals surface area contributed by atoms with Gasteiger partial charge in [0.15, 0.2) is 5.78 Å². The van der Waals surface area contributed by atoms with Gasteiger partial charge in [0.1, 0.15) is 23.0 Å². The SMILES string of the molecule is C=CC(=O)Oc1cc(OC(=O)C=C)cc(C(=O)c2cc(OC(=O)C=C)cc(OC(=O)C=C)c2)c1. The van der Waals surface area contributed by atoms with Gasteiger partial charge in [-0.1, -0.05) is 26.3 Å². The molecule has 0 spiro atoms. The lowest BCUT2D eigenvalue weighted by Gasteiger charge is -2.11. The summed E-state index contributed by atoms with van der Waals surface area (Å²) in [7, 11) is 0. The summed E-state index contributed by atoms with van der Waals surface area (Å²) in [5.41, 5.74) is -0.149. The van der Waals surface area contributed by atoms with Crippen LogP contribution in [0, 0.1) is 0 Å². The van der Waals surface area contributed by atoms with E-state index >= 15 is 0 Å². The third kappa shape index (κ3) is 6.99. The third-order valence-corrected chi connectivity index (χ3v) is 3.82. The Kier molecular flexibility index (Phi) is 8.55. The Balaban J connectivity index is 2.57. The molecule has 0 amide bonds. The van der Waals surface area contributed by atoms with Crippen LogP contribution in [0.5, 0.6) is 23.0 Å². The van der Waals surface area contributed by atoms with Gasteiger partial charge in [-0.15, -0.1) is 0 Å². The molecular weight excluding hydrogens is 444 g/mol. The average molecular weight is 462 g/mol. The van der Waals surface area contributed by atoms with Gasteiger partial charge in [-0.3, -0.25) is 4.79 Å². The first-order valence-corrected chi connectivity index (χ1v) is 9.41. The molecule has 2 aromatic rings. The first kappa shape index (κ1) is 25.2. The molecule has 0 radical (unpaired) electrons. The van der Waals surface area contributed by atoms with E-state index < -0.39 is 29.7 Å². The summed E-state index contributed by atoms with van der Waals surface area (Å²) in [5.74, 6) is -4.41. The summed E-state index contributed by atoms with van der Waals surface area (Å²) in [6.45, 7) is 13.2. The molecular formula is C25H18O9. The highest BCUT2D eigenvalue weighted by atomic mass is 16.6. The van der Waals surface area contributed by atoms with Crippen molar-refractivity contribution in [1.82, 2.24) is 0 Å². The van der Waals surface area contributed by atoms with Crippen LogP contribution >= 0.6 is 0 Å². The number of hydrogen-bond acceptors (Lipinski definition) is 9. The predicted octanol–water partition coefficient (Wildman–Crippen LogP) is 3.28. The molecule has 2 aromatic carbocycles. The maximum Gasteiger partial charge on any atom is 0.335 e. The van der Waals surface area contributed by atoms with E-state index in [-0.39, 0.29) is 34.1 Å². The van der Waals surface area contributed by atoms with Crippen molar-refractivity contribution in [2.24, 2.45) is 0 Å². The van der Waals surface area contributed by atoms with Gasteiger partial charge in [0.2, 0.25) is 0 Å². The lowest BCUT2D eigenvalue weighted by molar-refractivity contribution is -0.130. The highest BCUT2D eigenvalue weighted by Crippen LogP contribution is 2.29. The van der Waals surface area contributed by atoms with Gasteiger partial charge in [-0.05, 0) is 24.3 Å². The van der Waals surface area contributed by atoms with Crippen molar-refractivity contribution in [3.8, 4) is 23.0 Å². The number of hydrogen-bond donors (Lipinski definition) is 0. The second kappa shape index (κ2) is 11.5. The van der Waals surface area contributed by atoms with Crippen molar-refractivity contribution in [2.75, 3.05) is 0 Å². The van der Waals surface area contributed by atoms with Crippen molar-refractivity contribution in [1.29, 1.82) is 0 Å². The molecule has 0 aliphatic rings. The standard InChI is InChI=1S/C25H18O9/c1-5-21(26)31-17-9-15(10-18(13-17)32-22(27)6-2)25(30)16-11-19(33-23(28)7-3)14-20(12-16)34-24(29)8-4/h5-14H,1-4H2. The van der Waals surface area contributed by atoms with Gasteiger partial charge in [0.05, 0.1) is 0 Å². The molecule has 0 unspecified atom stereocenters. The van der Waals surface area contributed by atoms with Crippen molar-refractivity contribution in [3.05, 3.63) is 98.1 Å². The topological polar surface area (TPSA) is 122 Å². The van der Waals surface area contributed by atoms with Crippen LogP contribution in [0.15, 0.2) is 87.0 Å². The predicted molar refractivity (Wildman–Crippen MR) is 120 cm³/mol. The molecule has 0 atom stereocenters. The number of ketones is 1. The minimum Gasteiger partial charge on any atom is -0.423 e. The first-order valence-electron chi connectivity index (χ1n) is 9.41. The van der Waals surface area contributed by atoms with Crippen molar-refractivity contribution < 1.29 is 42.9 Å². The Labute approximate surface area is 194 Å². The molecule has 0 aromatic heterocycles. The molecule has 0 fully saturated rings. The zero-order chi connectivity index (χ0) is 25.3. The Morgan fingerprint density at radius 3 is 0.912 bits per heavy atom. The average Bonchev–Trinajstić information content (AvgIpc) is 2.82. The van der Waals surface area contributed by atoms with Crippen LogP contribution < -0.4 is 18.9 Å². The fourth-order valence-corrected chi connectivity index (χ4v) is 2.44. The van der Waals surface area contributed by atoms with E-state index in [0.717, 1.165) is 24.3 Å². The smallest absolute Gasteiger partial charge is 0.335 e. The van der Waals surface area contributed by atoms with Gasteiger partial charge < -0.3 is 18.9 Å². The zero-order valence-corrected chi connectivity index (χ0v) is 17.8. The molecule has 0 N–H and O–H groups in total. The Morgan fingerprint density at radius 2 is 0.706 bits per heavy atom. The summed E-state index contributed by atoms with van der Waals surface area (Å²) >= 11 is 0. The number of esters is 4. The summed E-state index contributed by atoms with van der Waals surface area (Å²) in [6.07, 6.45) is 3.62. The normalized spacial score (nSPS) is 9.65. The number of ether oxygens (including phenoxy) is 4. The van der Waals surface area contributed by atoms with Gasteiger partial charge in [0.25, 0.3) is 0 Å². The zero-order valence-electron chi connectivity index (χ0n) is 17.8. The lowest BCUT2D eigenvalue weighted by Crippen LogP contribution is -2.10. The summed E-state index contributed by atoms with van der Waals surface area (Å²) in [5, 5.41) is 0. The fourth-order valence-electron chi connectivity index (χ4n) is 2.44. The van der Waals surface area contributed by atoms with E-state index in [1.54, 1.807) is 0 Å². The molecule has 0 aliphatic carbocycles. The van der Waals surface area contributed by atoms with Gasteiger partial charge in [-0.25, -0.2) is 19.2 Å². The van der Waals surface area contributed by atoms with E-state index in [4.69, 9.17) is 18.9 Å². The monoisotopic (exact) mass is 462 g/mol. The second-order valence-corrected chi connectivity index (χ2v) is 6.22. The fraction of sp³-hybridized carbons (Fsp3) is 0. The maximum absolute atomic E-state index is 13.2. The minimum absolute atomic E-state index is 0.0746. The van der Waals surface area contributed by atoms with Crippen LogP contribution in [0.3, 0.4) is 0 Å². The molecule has 9 nitrogen and oxygen atoms in total. The molecule has 172 valence electrons. The van der Waals surface area contributed by atoms with E-state index in [0.29, 0.717) is 0 Å². The Morgan fingerprint density at radius 1 is 0.471 bits per heavy atom. The van der Waals surface area contributed by atoms with Gasteiger partial charge in [0, 0.05) is 47.6 Å². The molecule has 9 heteroatoms. The highest BCUT2D eigenvalue weighted by molar-refractivity contribution is 6.10. The molecule has 0 heterocycles. The van der Waals surface area contributed by atoms with Crippen LogP contribution in [0.1, 0.15) is 15.9 Å². The molecule has 0 bridgehead atoms. The van der Waals surface area contributed by atoms with Crippen LogP contribution in [-0.2, 0) is 19.2 Å². The summed E-state index contributed by atoms with van der Waals surface area (Å²) in [4.78, 5) is 59.7. The lowest BCUT2D eigenvalue weighted by atomic mass is 10.0. The molecule has 0 aliphatic heterocycles. The number of benzene rings is 2. The molecule has 2 rings (SSSR count). The number of rotatable bonds is 10. The molecule has 0 saturated carbocycles. The minimum atomic E-state index is -0.817. The highest BCUT2D eigenvalue weighted by Gasteiger charge is 2.18. The molecule has 34 heavy (non-hydrogen) atoms. The first-order chi connectivity index (χ1) is 16.2. The summed E-state index contributed by atoms with van der Waals surface area (Å²) < 4.78 is 20.2. The Bertz CT molecular complexity index is 1050. The van der Waals surface area contributed by atoms with E-state index in [1.165, 1.54) is 36.4 Å².